The molecule has 3 aliphatic heterocycles. The lowest BCUT2D eigenvalue weighted by molar-refractivity contribution is 0.645. The summed E-state index contributed by atoms with van der Waals surface area (Å²) in [5, 5.41) is 12.6. The number of rotatable bonds is 0. The van der Waals surface area contributed by atoms with Gasteiger partial charge >= 0.3 is 0 Å². The first kappa shape index (κ1) is 26.2. The van der Waals surface area contributed by atoms with Crippen LogP contribution in [0.15, 0.2) is 146 Å². The van der Waals surface area contributed by atoms with Gasteiger partial charge in [-0.3, -0.25) is 0 Å². The maximum absolute atomic E-state index is 2.69. The van der Waals surface area contributed by atoms with E-state index in [0.717, 1.165) is 0 Å². The lowest BCUT2D eigenvalue weighted by Gasteiger charge is -2.55. The highest BCUT2D eigenvalue weighted by molar-refractivity contribution is 7.33. The molecule has 0 fully saturated rings. The Balaban J connectivity index is 1.54. The van der Waals surface area contributed by atoms with Gasteiger partial charge < -0.3 is 0 Å². The van der Waals surface area contributed by atoms with Gasteiger partial charge in [0.25, 0.3) is 0 Å². The van der Waals surface area contributed by atoms with Crippen LogP contribution in [0.5, 0.6) is 0 Å². The fraction of sp³-hybridized carbons (Fsp3) is 0.143. The van der Waals surface area contributed by atoms with Crippen molar-refractivity contribution in [3.05, 3.63) is 168 Å². The van der Waals surface area contributed by atoms with E-state index in [0.29, 0.717) is 0 Å². The molecule has 0 bridgehead atoms. The predicted octanol–water partition coefficient (Wildman–Crippen LogP) is 4.03. The van der Waals surface area contributed by atoms with Crippen molar-refractivity contribution < 1.29 is 0 Å². The van der Waals surface area contributed by atoms with Gasteiger partial charge in [0.15, 0.2) is 16.1 Å². The minimum absolute atomic E-state index is 0.0735. The number of benzene rings is 6. The van der Waals surface area contributed by atoms with E-state index >= 15 is 0 Å². The van der Waals surface area contributed by atoms with E-state index in [4.69, 9.17) is 0 Å². The molecule has 0 unspecified atom stereocenters. The Morgan fingerprint density at radius 3 is 0.682 bits per heavy atom. The second-order valence-corrected chi connectivity index (χ2v) is 21.3. The molecule has 0 saturated heterocycles. The summed E-state index contributed by atoms with van der Waals surface area (Å²) in [5.74, 6) is 0. The largest absolute Gasteiger partial charge is 0.180 e. The molecular weight excluding hydrogens is 561 g/mol. The van der Waals surface area contributed by atoms with Crippen molar-refractivity contribution in [3.63, 3.8) is 0 Å². The molecule has 3 aliphatic rings. The number of hydrogen-bond acceptors (Lipinski definition) is 0. The second-order valence-electron chi connectivity index (χ2n) is 14.0. The smallest absolute Gasteiger partial charge is 0.0624 e. The van der Waals surface area contributed by atoms with Crippen LogP contribution in [-0.4, -0.2) is 16.1 Å². The van der Waals surface area contributed by atoms with Crippen molar-refractivity contribution in [3.8, 4) is 0 Å². The summed E-state index contributed by atoms with van der Waals surface area (Å²) >= 11 is 0. The van der Waals surface area contributed by atoms with Crippen molar-refractivity contribution in [2.45, 2.75) is 38.5 Å². The Labute approximate surface area is 263 Å². The minimum Gasteiger partial charge on any atom is -0.0624 e. The molecule has 0 aromatic heterocycles. The summed E-state index contributed by atoms with van der Waals surface area (Å²) in [4.78, 5) is 0. The highest BCUT2D eigenvalue weighted by Gasteiger charge is 2.62. The lowest BCUT2D eigenvalue weighted by Crippen LogP contribution is -2.95. The fourth-order valence-electron chi connectivity index (χ4n) is 9.73. The molecule has 6 aromatic rings. The van der Waals surface area contributed by atoms with Crippen LogP contribution in [0.25, 0.3) is 0 Å². The monoisotopic (exact) mass is 596 g/mol. The van der Waals surface area contributed by atoms with Crippen molar-refractivity contribution >= 4 is 57.6 Å². The average Bonchev–Trinajstić information content (AvgIpc) is 3.07. The predicted molar refractivity (Wildman–Crippen MR) is 191 cm³/mol. The summed E-state index contributed by atoms with van der Waals surface area (Å²) in [6.07, 6.45) is 0. The van der Waals surface area contributed by atoms with E-state index in [9.17, 15) is 0 Å². The topological polar surface area (TPSA) is 0 Å². The zero-order chi connectivity index (χ0) is 29.9. The van der Waals surface area contributed by atoms with Gasteiger partial charge in [-0.1, -0.05) is 173 Å². The van der Waals surface area contributed by atoms with Gasteiger partial charge in [-0.15, -0.1) is 0 Å². The standard InChI is InChI=1S/C42H36Si2/c1-41(2)29-17-5-9-21-33(29)43(34-22-10-6-18-30(34)41)37-25-13-15-27-39(37)44(40-28-16-14-26-38(40)43)35-23-11-7-19-31(35)42(3,4)32-20-8-12-24-36(32)44/h5-28H,1-4H3. The molecule has 0 aliphatic carbocycles. The maximum Gasteiger partial charge on any atom is 0.180 e. The molecule has 0 amide bonds. The molecule has 6 aromatic carbocycles. The number of hydrogen-bond donors (Lipinski definition) is 0. The molecule has 2 heteroatoms. The van der Waals surface area contributed by atoms with E-state index in [2.05, 4.69) is 173 Å². The lowest BCUT2D eigenvalue weighted by atomic mass is 9.77. The van der Waals surface area contributed by atoms with Gasteiger partial charge in [-0.25, -0.2) is 0 Å². The SMILES string of the molecule is CC1(C)c2ccccc2[Si]2(c3ccccc31)c1ccccc1[Si]1(c3ccccc3C(C)(C)c3ccccc31)c1ccccc12. The molecule has 212 valence electrons. The van der Waals surface area contributed by atoms with Crippen molar-refractivity contribution in [2.75, 3.05) is 0 Å². The summed E-state index contributed by atoms with van der Waals surface area (Å²) in [6.45, 7) is 9.72. The normalized spacial score (nSPS) is 18.3. The van der Waals surface area contributed by atoms with Crippen LogP contribution in [0.2, 0.25) is 0 Å². The van der Waals surface area contributed by atoms with Gasteiger partial charge in [0.1, 0.15) is 0 Å². The van der Waals surface area contributed by atoms with Gasteiger partial charge in [-0.2, -0.15) is 0 Å². The molecule has 0 saturated carbocycles. The zero-order valence-corrected chi connectivity index (χ0v) is 27.9. The Kier molecular flexibility index (Phi) is 5.17. The minimum atomic E-state index is -2.69. The molecule has 0 atom stereocenters. The van der Waals surface area contributed by atoms with Gasteiger partial charge in [0.05, 0.1) is 0 Å². The first-order valence-electron chi connectivity index (χ1n) is 16.0. The van der Waals surface area contributed by atoms with E-state index < -0.39 is 16.1 Å². The third kappa shape index (κ3) is 2.85. The third-order valence-electron chi connectivity index (χ3n) is 11.5. The van der Waals surface area contributed by atoms with Gasteiger partial charge in [0, 0.05) is 10.8 Å². The Morgan fingerprint density at radius 1 is 0.273 bits per heavy atom. The highest BCUT2D eigenvalue weighted by atomic mass is 28.3. The Hall–Kier alpha value is -4.25. The van der Waals surface area contributed by atoms with Crippen molar-refractivity contribution in [1.82, 2.24) is 0 Å². The molecule has 9 rings (SSSR count). The summed E-state index contributed by atoms with van der Waals surface area (Å²) in [5.41, 5.74) is 5.79. The Bertz CT molecular complexity index is 1850. The van der Waals surface area contributed by atoms with Crippen molar-refractivity contribution in [2.24, 2.45) is 0 Å². The third-order valence-corrected chi connectivity index (χ3v) is 21.9. The van der Waals surface area contributed by atoms with Gasteiger partial charge in [0.2, 0.25) is 0 Å². The molecular formula is C42H36Si2. The highest BCUT2D eigenvalue weighted by Crippen LogP contribution is 2.39. The number of fused-ring (bicyclic) bond motifs is 14. The summed E-state index contributed by atoms with van der Waals surface area (Å²) in [6, 6.07) is 57.2. The van der Waals surface area contributed by atoms with E-state index in [-0.39, 0.29) is 10.8 Å². The molecule has 44 heavy (non-hydrogen) atoms. The molecule has 3 heterocycles. The molecule has 2 spiro atoms. The van der Waals surface area contributed by atoms with Crippen LogP contribution in [0.3, 0.4) is 0 Å². The van der Waals surface area contributed by atoms with Crippen LogP contribution in [0.4, 0.5) is 0 Å². The first-order valence-corrected chi connectivity index (χ1v) is 20.0. The first-order chi connectivity index (χ1) is 21.4. The average molecular weight is 597 g/mol. The van der Waals surface area contributed by atoms with Gasteiger partial charge in [-0.05, 0) is 63.7 Å². The van der Waals surface area contributed by atoms with Crippen LogP contribution in [-0.2, 0) is 10.8 Å². The summed E-state index contributed by atoms with van der Waals surface area (Å²) in [7, 11) is -5.39. The van der Waals surface area contributed by atoms with Crippen LogP contribution < -0.4 is 41.5 Å². The van der Waals surface area contributed by atoms with Crippen LogP contribution in [0.1, 0.15) is 49.9 Å². The fourth-order valence-corrected chi connectivity index (χ4v) is 23.4. The summed E-state index contributed by atoms with van der Waals surface area (Å²) < 4.78 is 0. The Morgan fingerprint density at radius 2 is 0.455 bits per heavy atom. The molecule has 0 N–H and O–H groups in total. The van der Waals surface area contributed by atoms with E-state index in [1.165, 1.54) is 22.3 Å². The van der Waals surface area contributed by atoms with E-state index in [1.807, 2.05) is 0 Å². The van der Waals surface area contributed by atoms with Crippen LogP contribution in [0, 0.1) is 0 Å². The quantitative estimate of drug-likeness (QED) is 0.232. The van der Waals surface area contributed by atoms with Crippen molar-refractivity contribution in [1.29, 1.82) is 0 Å². The molecule has 0 radical (unpaired) electrons. The second kappa shape index (κ2) is 8.68. The van der Waals surface area contributed by atoms with Crippen LogP contribution >= 0.6 is 0 Å². The zero-order valence-electron chi connectivity index (χ0n) is 25.9. The van der Waals surface area contributed by atoms with E-state index in [1.54, 1.807) is 41.5 Å². The maximum atomic E-state index is 2.53. The molecule has 0 nitrogen and oxygen atoms in total.